The molecule has 0 atom stereocenters. The smallest absolute Gasteiger partial charge is 0.269 e. The van der Waals surface area contributed by atoms with Gasteiger partial charge in [-0.25, -0.2) is 0 Å². The Hall–Kier alpha value is -1.66. The number of halogens is 1. The lowest BCUT2D eigenvalue weighted by molar-refractivity contribution is -0.384. The van der Waals surface area contributed by atoms with Gasteiger partial charge in [0.1, 0.15) is 0 Å². The van der Waals surface area contributed by atoms with Crippen molar-refractivity contribution in [3.05, 3.63) is 39.9 Å². The fraction of sp³-hybridized carbons (Fsp3) is 0.417. The Kier molecular flexibility index (Phi) is 6.44. The average Bonchev–Trinajstić information content (AvgIpc) is 2.28. The van der Waals surface area contributed by atoms with Gasteiger partial charge < -0.3 is 11.1 Å². The quantitative estimate of drug-likeness (QED) is 0.636. The Bertz CT molecular complexity index is 446. The summed E-state index contributed by atoms with van der Waals surface area (Å²) in [6, 6.07) is 6.13. The molecule has 0 saturated heterocycles. The third-order valence-electron chi connectivity index (χ3n) is 2.62. The second-order valence-electron chi connectivity index (χ2n) is 4.52. The summed E-state index contributed by atoms with van der Waals surface area (Å²) in [7, 11) is 0. The van der Waals surface area contributed by atoms with Crippen molar-refractivity contribution < 1.29 is 9.72 Å². The summed E-state index contributed by atoms with van der Waals surface area (Å²) in [6.07, 6.45) is 0.260. The number of hydrogen-bond donors (Lipinski definition) is 2. The third kappa shape index (κ3) is 4.84. The number of non-ortho nitro benzene ring substituents is 1. The molecule has 3 N–H and O–H groups in total. The SMILES string of the molecule is CC(C)(NC(=O)CCN)c1ccc([N+](=O)[O-])cc1.Cl. The number of nitrogens with two attached hydrogens (primary N) is 1. The van der Waals surface area contributed by atoms with E-state index in [0.29, 0.717) is 6.54 Å². The molecule has 0 aliphatic rings. The predicted octanol–water partition coefficient (Wildman–Crippen LogP) is 1.72. The molecular weight excluding hydrogens is 270 g/mol. The Balaban J connectivity index is 0.00000324. The Morgan fingerprint density at radius 3 is 2.32 bits per heavy atom. The number of nitro benzene ring substituents is 1. The number of nitrogens with one attached hydrogen (secondary N) is 1. The van der Waals surface area contributed by atoms with E-state index in [-0.39, 0.29) is 30.4 Å². The molecule has 7 heteroatoms. The maximum absolute atomic E-state index is 11.5. The van der Waals surface area contributed by atoms with E-state index in [9.17, 15) is 14.9 Å². The van der Waals surface area contributed by atoms with Gasteiger partial charge in [-0.15, -0.1) is 12.4 Å². The van der Waals surface area contributed by atoms with Crippen molar-refractivity contribution in [3.63, 3.8) is 0 Å². The molecule has 0 saturated carbocycles. The summed E-state index contributed by atoms with van der Waals surface area (Å²) in [5.74, 6) is -0.138. The average molecular weight is 288 g/mol. The Morgan fingerprint density at radius 2 is 1.89 bits per heavy atom. The lowest BCUT2D eigenvalue weighted by Crippen LogP contribution is -2.41. The van der Waals surface area contributed by atoms with Crippen molar-refractivity contribution in [2.75, 3.05) is 6.54 Å². The van der Waals surface area contributed by atoms with Crippen molar-refractivity contribution in [1.82, 2.24) is 5.32 Å². The Labute approximate surface area is 117 Å². The summed E-state index contributed by atoms with van der Waals surface area (Å²) >= 11 is 0. The number of nitro groups is 1. The molecule has 0 heterocycles. The van der Waals surface area contributed by atoms with E-state index in [1.807, 2.05) is 13.8 Å². The molecule has 1 aromatic carbocycles. The minimum Gasteiger partial charge on any atom is -0.347 e. The summed E-state index contributed by atoms with van der Waals surface area (Å²) < 4.78 is 0. The normalized spacial score (nSPS) is 10.5. The van der Waals surface area contributed by atoms with Gasteiger partial charge >= 0.3 is 0 Å². The van der Waals surface area contributed by atoms with E-state index in [1.165, 1.54) is 12.1 Å². The van der Waals surface area contributed by atoms with E-state index in [2.05, 4.69) is 5.32 Å². The van der Waals surface area contributed by atoms with Gasteiger partial charge in [-0.05, 0) is 31.5 Å². The molecule has 0 radical (unpaired) electrons. The first-order valence-electron chi connectivity index (χ1n) is 5.63. The van der Waals surface area contributed by atoms with Gasteiger partial charge in [0, 0.05) is 25.1 Å². The predicted molar refractivity (Wildman–Crippen MR) is 75.2 cm³/mol. The molecule has 106 valence electrons. The fourth-order valence-electron chi connectivity index (χ4n) is 1.61. The van der Waals surface area contributed by atoms with Gasteiger partial charge in [0.2, 0.25) is 5.91 Å². The van der Waals surface area contributed by atoms with Gasteiger partial charge in [0.25, 0.3) is 5.69 Å². The first kappa shape index (κ1) is 17.3. The molecule has 0 spiro atoms. The largest absolute Gasteiger partial charge is 0.347 e. The van der Waals surface area contributed by atoms with Gasteiger partial charge in [-0.1, -0.05) is 0 Å². The number of nitrogens with zero attached hydrogens (tertiary/aromatic N) is 1. The fourth-order valence-corrected chi connectivity index (χ4v) is 1.61. The molecule has 0 fully saturated rings. The van der Waals surface area contributed by atoms with Crippen molar-refractivity contribution in [1.29, 1.82) is 0 Å². The molecule has 0 aliphatic heterocycles. The molecule has 0 unspecified atom stereocenters. The molecule has 1 aromatic rings. The van der Waals surface area contributed by atoms with Crippen molar-refractivity contribution in [3.8, 4) is 0 Å². The highest BCUT2D eigenvalue weighted by atomic mass is 35.5. The maximum atomic E-state index is 11.5. The zero-order chi connectivity index (χ0) is 13.8. The van der Waals surface area contributed by atoms with Crippen LogP contribution in [0, 0.1) is 10.1 Å². The first-order valence-corrected chi connectivity index (χ1v) is 5.63. The molecule has 0 aliphatic carbocycles. The number of amides is 1. The highest BCUT2D eigenvalue weighted by molar-refractivity contribution is 5.85. The number of rotatable bonds is 5. The summed E-state index contributed by atoms with van der Waals surface area (Å²) in [4.78, 5) is 21.6. The van der Waals surface area contributed by atoms with E-state index in [0.717, 1.165) is 5.56 Å². The van der Waals surface area contributed by atoms with Crippen LogP contribution < -0.4 is 11.1 Å². The number of benzene rings is 1. The van der Waals surface area contributed by atoms with Crippen LogP contribution in [-0.4, -0.2) is 17.4 Å². The van der Waals surface area contributed by atoms with Gasteiger partial charge in [-0.2, -0.15) is 0 Å². The van der Waals surface area contributed by atoms with Gasteiger partial charge in [0.15, 0.2) is 0 Å². The molecule has 1 amide bonds. The van der Waals surface area contributed by atoms with Gasteiger partial charge in [-0.3, -0.25) is 14.9 Å². The zero-order valence-corrected chi connectivity index (χ0v) is 11.7. The first-order chi connectivity index (χ1) is 8.36. The zero-order valence-electron chi connectivity index (χ0n) is 10.9. The summed E-state index contributed by atoms with van der Waals surface area (Å²) in [5.41, 5.74) is 5.56. The second-order valence-corrected chi connectivity index (χ2v) is 4.52. The van der Waals surface area contributed by atoms with Crippen LogP contribution in [0.3, 0.4) is 0 Å². The molecule has 6 nitrogen and oxygen atoms in total. The summed E-state index contributed by atoms with van der Waals surface area (Å²) in [6.45, 7) is 3.97. The molecule has 1 rings (SSSR count). The van der Waals surface area contributed by atoms with Crippen LogP contribution >= 0.6 is 12.4 Å². The molecule has 19 heavy (non-hydrogen) atoms. The van der Waals surface area contributed by atoms with Crippen LogP contribution in [0.5, 0.6) is 0 Å². The van der Waals surface area contributed by atoms with Crippen LogP contribution in [-0.2, 0) is 10.3 Å². The van der Waals surface area contributed by atoms with E-state index in [4.69, 9.17) is 5.73 Å². The second kappa shape index (κ2) is 7.06. The van der Waals surface area contributed by atoms with Crippen molar-refractivity contribution >= 4 is 24.0 Å². The lowest BCUT2D eigenvalue weighted by Gasteiger charge is -2.26. The number of carbonyl (C=O) groups is 1. The highest BCUT2D eigenvalue weighted by Crippen LogP contribution is 2.22. The minimum atomic E-state index is -0.582. The number of carbonyl (C=O) groups excluding carboxylic acids is 1. The minimum absolute atomic E-state index is 0. The molecule has 0 aromatic heterocycles. The maximum Gasteiger partial charge on any atom is 0.269 e. The van der Waals surface area contributed by atoms with Gasteiger partial charge in [0.05, 0.1) is 10.5 Å². The monoisotopic (exact) mass is 287 g/mol. The van der Waals surface area contributed by atoms with E-state index >= 15 is 0 Å². The van der Waals surface area contributed by atoms with Crippen LogP contribution in [0.15, 0.2) is 24.3 Å². The Morgan fingerprint density at radius 1 is 1.37 bits per heavy atom. The van der Waals surface area contributed by atoms with Crippen LogP contribution in [0.25, 0.3) is 0 Å². The van der Waals surface area contributed by atoms with E-state index < -0.39 is 10.5 Å². The topological polar surface area (TPSA) is 98.3 Å². The molecule has 0 bridgehead atoms. The third-order valence-corrected chi connectivity index (χ3v) is 2.62. The standard InChI is InChI=1S/C12H17N3O3.ClH/c1-12(2,14-11(16)7-8-13)9-3-5-10(6-4-9)15(17)18;/h3-6H,7-8,13H2,1-2H3,(H,14,16);1H. The van der Waals surface area contributed by atoms with Crippen LogP contribution in [0.2, 0.25) is 0 Å². The summed E-state index contributed by atoms with van der Waals surface area (Å²) in [5, 5.41) is 13.4. The lowest BCUT2D eigenvalue weighted by atomic mass is 9.94. The molecular formula is C12H18ClN3O3. The van der Waals surface area contributed by atoms with Crippen LogP contribution in [0.1, 0.15) is 25.8 Å². The van der Waals surface area contributed by atoms with E-state index in [1.54, 1.807) is 12.1 Å². The van der Waals surface area contributed by atoms with Crippen LogP contribution in [0.4, 0.5) is 5.69 Å². The van der Waals surface area contributed by atoms with Crippen molar-refractivity contribution in [2.24, 2.45) is 5.73 Å². The van der Waals surface area contributed by atoms with Crippen molar-refractivity contribution in [2.45, 2.75) is 25.8 Å². The number of hydrogen-bond acceptors (Lipinski definition) is 4. The highest BCUT2D eigenvalue weighted by Gasteiger charge is 2.23.